The van der Waals surface area contributed by atoms with Crippen LogP contribution in [-0.2, 0) is 0 Å². The number of carbonyl (C=O) groups excluding carboxylic acids is 1. The number of amides is 2. The highest BCUT2D eigenvalue weighted by Crippen LogP contribution is 2.06. The molecule has 2 rings (SSSR count). The van der Waals surface area contributed by atoms with Gasteiger partial charge in [-0.15, -0.1) is 0 Å². The summed E-state index contributed by atoms with van der Waals surface area (Å²) in [6.45, 7) is 0. The highest BCUT2D eigenvalue weighted by atomic mass is 16.2. The Balaban J connectivity index is 2.37. The Bertz CT molecular complexity index is 263. The number of nitrogens with one attached hydrogen (secondary N) is 1. The fraction of sp³-hybridized carbons (Fsp3) is 0.143. The van der Waals surface area contributed by atoms with Crippen LogP contribution in [0.5, 0.6) is 0 Å². The monoisotopic (exact) mass is 133 g/mol. The van der Waals surface area contributed by atoms with Crippen LogP contribution in [0.2, 0.25) is 0 Å². The van der Waals surface area contributed by atoms with Gasteiger partial charge in [0.2, 0.25) is 0 Å². The minimum Gasteiger partial charge on any atom is -0.324 e. The van der Waals surface area contributed by atoms with Gasteiger partial charge < -0.3 is 5.32 Å². The first-order chi connectivity index (χ1) is 4.86. The van der Waals surface area contributed by atoms with Crippen molar-refractivity contribution in [2.24, 2.45) is 4.99 Å². The van der Waals surface area contributed by atoms with Gasteiger partial charge in [-0.25, -0.2) is 4.79 Å². The topological polar surface area (TPSA) is 41.5 Å². The van der Waals surface area contributed by atoms with E-state index in [1.165, 1.54) is 0 Å². The van der Waals surface area contributed by atoms with Crippen molar-refractivity contribution in [3.8, 4) is 0 Å². The first-order valence-electron chi connectivity index (χ1n) is 3.01. The fourth-order valence-electron chi connectivity index (χ4n) is 0.971. The molecule has 0 saturated carbocycles. The van der Waals surface area contributed by atoms with E-state index in [4.69, 9.17) is 0 Å². The third kappa shape index (κ3) is 0.673. The zero-order valence-corrected chi connectivity index (χ0v) is 5.16. The van der Waals surface area contributed by atoms with Crippen molar-refractivity contribution in [3.05, 3.63) is 24.3 Å². The lowest BCUT2D eigenvalue weighted by molar-refractivity contribution is 0.251. The maximum atomic E-state index is 10.6. The molecule has 0 saturated heterocycles. The molecule has 0 aromatic heterocycles. The van der Waals surface area contributed by atoms with Gasteiger partial charge in [-0.2, -0.15) is 4.99 Å². The Morgan fingerprint density at radius 2 is 2.60 bits per heavy atom. The zero-order valence-electron chi connectivity index (χ0n) is 5.16. The molecule has 0 bridgehead atoms. The lowest BCUT2D eigenvalue weighted by Crippen LogP contribution is -2.30. The molecule has 2 aliphatic rings. The quantitative estimate of drug-likeness (QED) is 0.512. The Morgan fingerprint density at radius 1 is 1.70 bits per heavy atom. The van der Waals surface area contributed by atoms with E-state index in [9.17, 15) is 4.79 Å². The summed E-state index contributed by atoms with van der Waals surface area (Å²) in [6.07, 6.45) is 8.33. The largest absolute Gasteiger partial charge is 0.342 e. The van der Waals surface area contributed by atoms with Gasteiger partial charge in [-0.05, 0) is 12.2 Å². The molecule has 3 nitrogen and oxygen atoms in total. The summed E-state index contributed by atoms with van der Waals surface area (Å²) in [5.74, 6) is 0. The highest BCUT2D eigenvalue weighted by molar-refractivity contribution is 6.12. The van der Waals surface area contributed by atoms with Gasteiger partial charge >= 0.3 is 6.03 Å². The third-order valence-corrected chi connectivity index (χ3v) is 1.42. The average Bonchev–Trinajstić information content (AvgIpc) is 2.27. The van der Waals surface area contributed by atoms with Crippen molar-refractivity contribution in [2.45, 2.75) is 6.04 Å². The number of allylic oxidation sites excluding steroid dienone is 2. The van der Waals surface area contributed by atoms with E-state index < -0.39 is 0 Å². The van der Waals surface area contributed by atoms with Crippen LogP contribution in [-0.4, -0.2) is 17.8 Å². The van der Waals surface area contributed by atoms with Gasteiger partial charge in [-0.1, -0.05) is 12.2 Å². The van der Waals surface area contributed by atoms with E-state index in [-0.39, 0.29) is 12.1 Å². The zero-order chi connectivity index (χ0) is 6.97. The molecule has 10 heavy (non-hydrogen) atoms. The second-order valence-corrected chi connectivity index (χ2v) is 2.11. The number of carbonyl (C=O) groups is 1. The van der Waals surface area contributed by atoms with E-state index in [0.29, 0.717) is 0 Å². The minimum atomic E-state index is -0.271. The molecule has 0 spiro atoms. The van der Waals surface area contributed by atoms with Gasteiger partial charge in [-0.3, -0.25) is 0 Å². The van der Waals surface area contributed by atoms with E-state index in [0.717, 1.165) is 5.71 Å². The Hall–Kier alpha value is -1.38. The summed E-state index contributed by atoms with van der Waals surface area (Å²) in [7, 11) is 0. The van der Waals surface area contributed by atoms with Crippen molar-refractivity contribution in [3.63, 3.8) is 0 Å². The maximum absolute atomic E-state index is 10.6. The van der Waals surface area contributed by atoms with Crippen molar-refractivity contribution in [1.29, 1.82) is 0 Å². The molecular formula is C7H5N2O. The van der Waals surface area contributed by atoms with Crippen molar-refractivity contribution < 1.29 is 4.79 Å². The predicted octanol–water partition coefficient (Wildman–Crippen LogP) is 0.448. The van der Waals surface area contributed by atoms with Crippen LogP contribution in [0.1, 0.15) is 0 Å². The number of hydrogen-bond acceptors (Lipinski definition) is 1. The number of hydrogen-bond donors (Lipinski definition) is 1. The summed E-state index contributed by atoms with van der Waals surface area (Å²) in [5.41, 5.74) is 0.757. The van der Waals surface area contributed by atoms with Crippen LogP contribution in [0.3, 0.4) is 0 Å². The average molecular weight is 133 g/mol. The SMILES string of the molecule is O=C1N=C2C=CC=[C]C2N1. The molecule has 3 heteroatoms. The van der Waals surface area contributed by atoms with E-state index in [1.54, 1.807) is 12.2 Å². The number of urea groups is 1. The van der Waals surface area contributed by atoms with E-state index in [2.05, 4.69) is 16.4 Å². The third-order valence-electron chi connectivity index (χ3n) is 1.42. The molecule has 1 unspecified atom stereocenters. The summed E-state index contributed by atoms with van der Waals surface area (Å²) in [6, 6.07) is -0.370. The molecule has 2 amide bonds. The maximum Gasteiger partial charge on any atom is 0.342 e. The van der Waals surface area contributed by atoms with Crippen LogP contribution in [0.15, 0.2) is 23.2 Å². The molecule has 1 aliphatic heterocycles. The summed E-state index contributed by atoms with van der Waals surface area (Å²) < 4.78 is 0. The summed E-state index contributed by atoms with van der Waals surface area (Å²) >= 11 is 0. The van der Waals surface area contributed by atoms with Crippen LogP contribution in [0, 0.1) is 6.08 Å². The molecule has 1 radical (unpaired) electrons. The molecule has 0 aromatic rings. The van der Waals surface area contributed by atoms with Gasteiger partial charge in [0.05, 0.1) is 11.8 Å². The van der Waals surface area contributed by atoms with Crippen molar-refractivity contribution in [1.82, 2.24) is 5.32 Å². The number of rotatable bonds is 0. The molecule has 1 N–H and O–H groups in total. The summed E-state index contributed by atoms with van der Waals surface area (Å²) in [4.78, 5) is 14.3. The van der Waals surface area contributed by atoms with Gasteiger partial charge in [0.1, 0.15) is 0 Å². The first-order valence-corrected chi connectivity index (χ1v) is 3.01. The molecule has 0 aromatic carbocycles. The lowest BCUT2D eigenvalue weighted by atomic mass is 10.1. The smallest absolute Gasteiger partial charge is 0.324 e. The van der Waals surface area contributed by atoms with Crippen molar-refractivity contribution >= 4 is 11.7 Å². The lowest BCUT2D eigenvalue weighted by Gasteiger charge is -2.05. The van der Waals surface area contributed by atoms with Crippen LogP contribution in [0.4, 0.5) is 4.79 Å². The van der Waals surface area contributed by atoms with Crippen LogP contribution in [0.25, 0.3) is 0 Å². The second-order valence-electron chi connectivity index (χ2n) is 2.11. The van der Waals surface area contributed by atoms with E-state index >= 15 is 0 Å². The molecule has 1 atom stereocenters. The number of aliphatic imine (C=N–C) groups is 1. The van der Waals surface area contributed by atoms with E-state index in [1.807, 2.05) is 6.08 Å². The van der Waals surface area contributed by atoms with Crippen LogP contribution >= 0.6 is 0 Å². The van der Waals surface area contributed by atoms with Gasteiger partial charge in [0, 0.05) is 0 Å². The standard InChI is InChI=1S/C7H5N2O/c10-7-8-5-3-1-2-4-6(5)9-7/h1-3,6H,(H,9,10). The minimum absolute atomic E-state index is 0.0995. The molecule has 1 heterocycles. The molecule has 1 aliphatic carbocycles. The molecule has 0 fully saturated rings. The summed E-state index contributed by atoms with van der Waals surface area (Å²) in [5, 5.41) is 2.62. The number of nitrogens with zero attached hydrogens (tertiary/aromatic N) is 1. The fourth-order valence-corrected chi connectivity index (χ4v) is 0.971. The highest BCUT2D eigenvalue weighted by Gasteiger charge is 2.22. The van der Waals surface area contributed by atoms with Crippen molar-refractivity contribution in [2.75, 3.05) is 0 Å². The predicted molar refractivity (Wildman–Crippen MR) is 36.7 cm³/mol. The molecular weight excluding hydrogens is 128 g/mol. The molecule has 49 valence electrons. The Kier molecular flexibility index (Phi) is 0.974. The van der Waals surface area contributed by atoms with Crippen LogP contribution < -0.4 is 5.32 Å². The Labute approximate surface area is 58.1 Å². The number of fused-ring (bicyclic) bond motifs is 1. The normalized spacial score (nSPS) is 27.8. The Morgan fingerprint density at radius 3 is 3.40 bits per heavy atom. The first kappa shape index (κ1) is 5.41. The van der Waals surface area contributed by atoms with Gasteiger partial charge in [0.25, 0.3) is 0 Å². The second kappa shape index (κ2) is 1.80. The van der Waals surface area contributed by atoms with Gasteiger partial charge in [0.15, 0.2) is 0 Å².